The minimum atomic E-state index is 0.672. The van der Waals surface area contributed by atoms with Crippen LogP contribution in [0.5, 0.6) is 0 Å². The summed E-state index contributed by atoms with van der Waals surface area (Å²) >= 11 is 0. The van der Waals surface area contributed by atoms with E-state index in [4.69, 9.17) is 5.84 Å². The summed E-state index contributed by atoms with van der Waals surface area (Å²) in [6, 6.07) is 0. The summed E-state index contributed by atoms with van der Waals surface area (Å²) in [4.78, 5) is 6.49. The van der Waals surface area contributed by atoms with Crippen molar-refractivity contribution in [2.24, 2.45) is 16.8 Å². The van der Waals surface area contributed by atoms with E-state index in [0.717, 1.165) is 25.6 Å². The highest BCUT2D eigenvalue weighted by atomic mass is 15.4. The van der Waals surface area contributed by atoms with Gasteiger partial charge in [-0.1, -0.05) is 20.3 Å². The Morgan fingerprint density at radius 2 is 2.07 bits per heavy atom. The normalized spacial score (nSPS) is 13.9. The SMILES string of the molecule is CCN=C(NN)N(CC)CC(C)CC. The van der Waals surface area contributed by atoms with E-state index in [0.29, 0.717) is 5.92 Å². The van der Waals surface area contributed by atoms with Gasteiger partial charge in [0.15, 0.2) is 0 Å². The predicted octanol–water partition coefficient (Wildman–Crippen LogP) is 1.19. The smallest absolute Gasteiger partial charge is 0.208 e. The molecule has 0 aromatic carbocycles. The highest BCUT2D eigenvalue weighted by Gasteiger charge is 2.10. The van der Waals surface area contributed by atoms with Gasteiger partial charge in [-0.25, -0.2) is 5.84 Å². The van der Waals surface area contributed by atoms with Crippen molar-refractivity contribution >= 4 is 5.96 Å². The lowest BCUT2D eigenvalue weighted by molar-refractivity contribution is 0.348. The maximum Gasteiger partial charge on any atom is 0.208 e. The number of rotatable bonds is 5. The van der Waals surface area contributed by atoms with Crippen molar-refractivity contribution in [2.75, 3.05) is 19.6 Å². The van der Waals surface area contributed by atoms with Crippen molar-refractivity contribution in [1.82, 2.24) is 10.3 Å². The first-order valence-electron chi connectivity index (χ1n) is 5.45. The van der Waals surface area contributed by atoms with E-state index in [1.54, 1.807) is 0 Å². The number of hydrazine groups is 1. The fourth-order valence-electron chi connectivity index (χ4n) is 1.26. The Morgan fingerprint density at radius 1 is 1.43 bits per heavy atom. The molecule has 0 fully saturated rings. The molecule has 3 N–H and O–H groups in total. The zero-order chi connectivity index (χ0) is 11.0. The van der Waals surface area contributed by atoms with Crippen LogP contribution in [-0.4, -0.2) is 30.5 Å². The third-order valence-electron chi connectivity index (χ3n) is 2.35. The first-order chi connectivity index (χ1) is 6.69. The van der Waals surface area contributed by atoms with Gasteiger partial charge in [0.2, 0.25) is 5.96 Å². The van der Waals surface area contributed by atoms with Gasteiger partial charge in [0.25, 0.3) is 0 Å². The van der Waals surface area contributed by atoms with E-state index in [1.165, 1.54) is 6.42 Å². The molecular weight excluding hydrogens is 176 g/mol. The second kappa shape index (κ2) is 7.62. The number of nitrogens with zero attached hydrogens (tertiary/aromatic N) is 2. The Labute approximate surface area is 87.5 Å². The standard InChI is InChI=1S/C10H24N4/c1-5-9(4)8-14(7-3)10(13-11)12-6-2/h9H,5-8,11H2,1-4H3,(H,12,13). The van der Waals surface area contributed by atoms with E-state index in [9.17, 15) is 0 Å². The molecule has 0 aromatic rings. The van der Waals surface area contributed by atoms with Crippen LogP contribution in [0, 0.1) is 5.92 Å². The third kappa shape index (κ3) is 4.46. The van der Waals surface area contributed by atoms with Crippen molar-refractivity contribution in [3.63, 3.8) is 0 Å². The van der Waals surface area contributed by atoms with E-state index in [1.807, 2.05) is 6.92 Å². The monoisotopic (exact) mass is 200 g/mol. The van der Waals surface area contributed by atoms with Crippen molar-refractivity contribution in [2.45, 2.75) is 34.1 Å². The Kier molecular flexibility index (Phi) is 7.20. The van der Waals surface area contributed by atoms with Crippen LogP contribution in [-0.2, 0) is 0 Å². The van der Waals surface area contributed by atoms with Gasteiger partial charge in [-0.15, -0.1) is 0 Å². The molecule has 4 nitrogen and oxygen atoms in total. The van der Waals surface area contributed by atoms with Crippen LogP contribution in [0.15, 0.2) is 4.99 Å². The molecule has 0 bridgehead atoms. The second-order valence-electron chi connectivity index (χ2n) is 3.49. The molecule has 4 heteroatoms. The van der Waals surface area contributed by atoms with E-state index in [-0.39, 0.29) is 0 Å². The zero-order valence-corrected chi connectivity index (χ0v) is 9.88. The fourth-order valence-corrected chi connectivity index (χ4v) is 1.26. The molecule has 1 atom stereocenters. The molecule has 1 unspecified atom stereocenters. The molecule has 0 aliphatic carbocycles. The number of guanidine groups is 1. The summed E-state index contributed by atoms with van der Waals surface area (Å²) in [6.07, 6.45) is 1.18. The lowest BCUT2D eigenvalue weighted by atomic mass is 10.1. The topological polar surface area (TPSA) is 53.6 Å². The van der Waals surface area contributed by atoms with Crippen molar-refractivity contribution < 1.29 is 0 Å². The molecule has 0 aliphatic rings. The second-order valence-corrected chi connectivity index (χ2v) is 3.49. The third-order valence-corrected chi connectivity index (χ3v) is 2.35. The maximum absolute atomic E-state index is 5.43. The van der Waals surface area contributed by atoms with Gasteiger partial charge in [0, 0.05) is 19.6 Å². The molecular formula is C10H24N4. The van der Waals surface area contributed by atoms with Crippen LogP contribution >= 0.6 is 0 Å². The van der Waals surface area contributed by atoms with E-state index < -0.39 is 0 Å². The Balaban J connectivity index is 4.29. The number of hydrogen-bond donors (Lipinski definition) is 2. The molecule has 0 aromatic heterocycles. The summed E-state index contributed by atoms with van der Waals surface area (Å²) in [5, 5.41) is 0. The number of nitrogens with two attached hydrogens (primary N) is 1. The molecule has 0 radical (unpaired) electrons. The predicted molar refractivity (Wildman–Crippen MR) is 62.0 cm³/mol. The van der Waals surface area contributed by atoms with Gasteiger partial charge in [0.1, 0.15) is 0 Å². The zero-order valence-electron chi connectivity index (χ0n) is 9.88. The van der Waals surface area contributed by atoms with Gasteiger partial charge in [0.05, 0.1) is 0 Å². The van der Waals surface area contributed by atoms with E-state index in [2.05, 4.69) is 36.1 Å². The van der Waals surface area contributed by atoms with Gasteiger partial charge in [-0.05, 0) is 19.8 Å². The number of hydrogen-bond acceptors (Lipinski definition) is 2. The van der Waals surface area contributed by atoms with Crippen molar-refractivity contribution in [1.29, 1.82) is 0 Å². The fraction of sp³-hybridized carbons (Fsp3) is 0.900. The van der Waals surface area contributed by atoms with Crippen LogP contribution in [0.4, 0.5) is 0 Å². The largest absolute Gasteiger partial charge is 0.342 e. The average Bonchev–Trinajstić information content (AvgIpc) is 2.22. The average molecular weight is 200 g/mol. The molecule has 0 aliphatic heterocycles. The van der Waals surface area contributed by atoms with Gasteiger partial charge in [-0.2, -0.15) is 0 Å². The molecule has 0 saturated carbocycles. The van der Waals surface area contributed by atoms with Crippen LogP contribution in [0.2, 0.25) is 0 Å². The minimum absolute atomic E-state index is 0.672. The first kappa shape index (κ1) is 13.2. The summed E-state index contributed by atoms with van der Waals surface area (Å²) in [5.41, 5.74) is 2.66. The van der Waals surface area contributed by atoms with Gasteiger partial charge >= 0.3 is 0 Å². The molecule has 84 valence electrons. The van der Waals surface area contributed by atoms with E-state index >= 15 is 0 Å². The molecule has 0 amide bonds. The summed E-state index contributed by atoms with van der Waals surface area (Å²) in [5.74, 6) is 6.90. The Hall–Kier alpha value is -0.770. The van der Waals surface area contributed by atoms with Crippen LogP contribution in [0.25, 0.3) is 0 Å². The summed E-state index contributed by atoms with van der Waals surface area (Å²) in [7, 11) is 0. The molecule has 0 heterocycles. The lowest BCUT2D eigenvalue weighted by Gasteiger charge is -2.26. The highest BCUT2D eigenvalue weighted by Crippen LogP contribution is 2.04. The maximum atomic E-state index is 5.43. The first-order valence-corrected chi connectivity index (χ1v) is 5.45. The minimum Gasteiger partial charge on any atom is -0.342 e. The number of aliphatic imine (C=N–C) groups is 1. The van der Waals surface area contributed by atoms with Gasteiger partial charge in [-0.3, -0.25) is 10.4 Å². The molecule has 14 heavy (non-hydrogen) atoms. The van der Waals surface area contributed by atoms with Crippen LogP contribution < -0.4 is 11.3 Å². The number of nitrogens with one attached hydrogen (secondary N) is 1. The lowest BCUT2D eigenvalue weighted by Crippen LogP contribution is -2.46. The molecule has 0 spiro atoms. The Morgan fingerprint density at radius 3 is 2.43 bits per heavy atom. The highest BCUT2D eigenvalue weighted by molar-refractivity contribution is 5.79. The summed E-state index contributed by atoms with van der Waals surface area (Å²) < 4.78 is 0. The molecule has 0 saturated heterocycles. The van der Waals surface area contributed by atoms with Crippen LogP contribution in [0.3, 0.4) is 0 Å². The van der Waals surface area contributed by atoms with Crippen molar-refractivity contribution in [3.8, 4) is 0 Å². The summed E-state index contributed by atoms with van der Waals surface area (Å²) in [6.45, 7) is 11.3. The van der Waals surface area contributed by atoms with Crippen molar-refractivity contribution in [3.05, 3.63) is 0 Å². The van der Waals surface area contributed by atoms with Gasteiger partial charge < -0.3 is 4.90 Å². The quantitative estimate of drug-likeness (QED) is 0.303. The Bertz CT molecular complexity index is 168. The van der Waals surface area contributed by atoms with Crippen LogP contribution in [0.1, 0.15) is 34.1 Å². The molecule has 0 rings (SSSR count).